The van der Waals surface area contributed by atoms with Crippen LogP contribution in [0.15, 0.2) is 48.3 Å². The van der Waals surface area contributed by atoms with E-state index < -0.39 is 0 Å². The number of H-pyrrole nitrogens is 1. The topological polar surface area (TPSA) is 100 Å². The van der Waals surface area contributed by atoms with Gasteiger partial charge in [0.05, 0.1) is 23.9 Å². The number of likely N-dealkylation sites (N-methyl/N-ethyl adjacent to an activating group) is 1. The Bertz CT molecular complexity index is 1100. The average Bonchev–Trinajstić information content (AvgIpc) is 3.20. The summed E-state index contributed by atoms with van der Waals surface area (Å²) in [5, 5.41) is 15.3. The number of fused-ring (bicyclic) bond motifs is 4. The molecule has 2 aromatic rings. The zero-order valence-corrected chi connectivity index (χ0v) is 19.7. The number of benzene rings is 1. The standard InChI is InChI=1S/C25H32FN5O2/c1-6-31-13-17(5)33-25-21(12-29-30-25)20-11-19(16(4)10-22(20)26)15(3)8-9-18(23(27)14-31)24(28)32-7-2/h8-12,17,28H,3,6-7,13-14,27H2,1-2,4-5H3,(H,29,30)/b9-8+,23-18-,28-24?/t17-/m0/s1. The van der Waals surface area contributed by atoms with Crippen LogP contribution in [0, 0.1) is 18.2 Å². The minimum Gasteiger partial charge on any atom is -0.478 e. The van der Waals surface area contributed by atoms with Crippen molar-refractivity contribution in [3.63, 3.8) is 0 Å². The maximum absolute atomic E-state index is 15.0. The lowest BCUT2D eigenvalue weighted by atomic mass is 9.95. The fraction of sp³-hybridized carbons (Fsp3) is 0.360. The summed E-state index contributed by atoms with van der Waals surface area (Å²) in [7, 11) is 0. The fourth-order valence-electron chi connectivity index (χ4n) is 3.84. The molecule has 2 bridgehead atoms. The van der Waals surface area contributed by atoms with Crippen LogP contribution in [0.2, 0.25) is 0 Å². The van der Waals surface area contributed by atoms with Crippen LogP contribution >= 0.6 is 0 Å². The molecule has 1 atom stereocenters. The summed E-state index contributed by atoms with van der Waals surface area (Å²) in [6.07, 6.45) is 4.87. The number of hydrogen-bond acceptors (Lipinski definition) is 6. The van der Waals surface area contributed by atoms with Crippen molar-refractivity contribution in [1.29, 1.82) is 5.41 Å². The summed E-state index contributed by atoms with van der Waals surface area (Å²) in [6.45, 7) is 13.9. The molecule has 0 amide bonds. The van der Waals surface area contributed by atoms with E-state index >= 15 is 0 Å². The van der Waals surface area contributed by atoms with Gasteiger partial charge in [0.1, 0.15) is 11.9 Å². The zero-order valence-electron chi connectivity index (χ0n) is 19.7. The molecule has 3 rings (SSSR count). The first kappa shape index (κ1) is 24.3. The zero-order chi connectivity index (χ0) is 24.1. The fourth-order valence-corrected chi connectivity index (χ4v) is 3.84. The van der Waals surface area contributed by atoms with Gasteiger partial charge < -0.3 is 15.2 Å². The van der Waals surface area contributed by atoms with E-state index in [2.05, 4.69) is 21.7 Å². The smallest absolute Gasteiger partial charge is 0.217 e. The quantitative estimate of drug-likeness (QED) is 0.472. The van der Waals surface area contributed by atoms with E-state index in [1.54, 1.807) is 24.4 Å². The summed E-state index contributed by atoms with van der Waals surface area (Å²) in [6, 6.07) is 3.23. The molecule has 1 aromatic heterocycles. The molecule has 0 fully saturated rings. The summed E-state index contributed by atoms with van der Waals surface area (Å²) >= 11 is 0. The van der Waals surface area contributed by atoms with Gasteiger partial charge in [-0.2, -0.15) is 5.10 Å². The Hall–Kier alpha value is -3.39. The van der Waals surface area contributed by atoms with E-state index in [-0.39, 0.29) is 17.8 Å². The summed E-state index contributed by atoms with van der Waals surface area (Å²) in [5.41, 5.74) is 10.6. The van der Waals surface area contributed by atoms with Crippen molar-refractivity contribution < 1.29 is 13.9 Å². The lowest BCUT2D eigenvalue weighted by Gasteiger charge is -2.25. The van der Waals surface area contributed by atoms with Crippen LogP contribution < -0.4 is 10.5 Å². The second-order valence-corrected chi connectivity index (χ2v) is 8.08. The Morgan fingerprint density at radius 2 is 2.09 bits per heavy atom. The molecule has 2 heterocycles. The first-order chi connectivity index (χ1) is 15.7. The molecule has 33 heavy (non-hydrogen) atoms. The number of nitrogens with two attached hydrogens (primary N) is 1. The number of nitrogens with one attached hydrogen (secondary N) is 2. The lowest BCUT2D eigenvalue weighted by molar-refractivity contribution is 0.150. The Labute approximate surface area is 194 Å². The Morgan fingerprint density at radius 3 is 2.79 bits per heavy atom. The Balaban J connectivity index is 2.16. The number of hydrogen-bond donors (Lipinski definition) is 3. The highest BCUT2D eigenvalue weighted by molar-refractivity contribution is 5.95. The van der Waals surface area contributed by atoms with Crippen molar-refractivity contribution in [3.8, 4) is 17.0 Å². The van der Waals surface area contributed by atoms with Crippen LogP contribution in [0.5, 0.6) is 5.88 Å². The number of halogens is 1. The SMILES string of the molecule is C=C1/C=C/C(C(=N)OCC)=C(/N)CN(CC)C[C@H](C)Oc2[nH]ncc2-c2cc1c(C)cc2F. The van der Waals surface area contributed by atoms with E-state index in [9.17, 15) is 4.39 Å². The predicted molar refractivity (Wildman–Crippen MR) is 130 cm³/mol. The minimum atomic E-state index is -0.366. The van der Waals surface area contributed by atoms with E-state index in [1.807, 2.05) is 27.7 Å². The average molecular weight is 454 g/mol. The molecule has 4 N–H and O–H groups in total. The molecule has 0 saturated heterocycles. The Morgan fingerprint density at radius 1 is 1.33 bits per heavy atom. The predicted octanol–water partition coefficient (Wildman–Crippen LogP) is 4.42. The maximum atomic E-state index is 15.0. The molecule has 0 radical (unpaired) electrons. The lowest BCUT2D eigenvalue weighted by Crippen LogP contribution is -2.37. The molecular weight excluding hydrogens is 421 g/mol. The summed E-state index contributed by atoms with van der Waals surface area (Å²) in [4.78, 5) is 2.11. The number of aromatic nitrogens is 2. The van der Waals surface area contributed by atoms with Gasteiger partial charge in [-0.3, -0.25) is 10.3 Å². The second kappa shape index (κ2) is 10.5. The number of aryl methyl sites for hydroxylation is 1. The molecule has 0 unspecified atom stereocenters. The second-order valence-electron chi connectivity index (χ2n) is 8.08. The molecule has 7 nitrogen and oxygen atoms in total. The van der Waals surface area contributed by atoms with Gasteiger partial charge in [-0.25, -0.2) is 9.49 Å². The third-order valence-corrected chi connectivity index (χ3v) is 5.56. The van der Waals surface area contributed by atoms with Gasteiger partial charge in [-0.05, 0) is 62.2 Å². The van der Waals surface area contributed by atoms with Crippen LogP contribution in [-0.4, -0.2) is 53.3 Å². The molecule has 0 spiro atoms. The summed E-state index contributed by atoms with van der Waals surface area (Å²) in [5.74, 6) is 0.0429. The molecule has 1 aromatic carbocycles. The molecule has 176 valence electrons. The van der Waals surface area contributed by atoms with E-state index in [4.69, 9.17) is 20.6 Å². The number of nitrogens with zero attached hydrogens (tertiary/aromatic N) is 2. The van der Waals surface area contributed by atoms with E-state index in [0.717, 1.165) is 17.7 Å². The minimum absolute atomic E-state index is 0.00119. The molecule has 1 aliphatic rings. The number of allylic oxidation sites excluding steroid dienone is 2. The first-order valence-corrected chi connectivity index (χ1v) is 11.1. The van der Waals surface area contributed by atoms with Gasteiger partial charge in [-0.15, -0.1) is 0 Å². The highest BCUT2D eigenvalue weighted by Gasteiger charge is 2.20. The van der Waals surface area contributed by atoms with E-state index in [1.165, 1.54) is 6.07 Å². The van der Waals surface area contributed by atoms with Gasteiger partial charge in [0.25, 0.3) is 0 Å². The van der Waals surface area contributed by atoms with E-state index in [0.29, 0.717) is 53.5 Å². The van der Waals surface area contributed by atoms with Gasteiger partial charge in [0, 0.05) is 24.4 Å². The highest BCUT2D eigenvalue weighted by atomic mass is 19.1. The van der Waals surface area contributed by atoms with Gasteiger partial charge in [0.15, 0.2) is 0 Å². The molecule has 0 saturated carbocycles. The van der Waals surface area contributed by atoms with Crippen LogP contribution in [0.3, 0.4) is 0 Å². The highest BCUT2D eigenvalue weighted by Crippen LogP contribution is 2.34. The largest absolute Gasteiger partial charge is 0.478 e. The van der Waals surface area contributed by atoms with Crippen LogP contribution in [0.25, 0.3) is 16.7 Å². The maximum Gasteiger partial charge on any atom is 0.217 e. The van der Waals surface area contributed by atoms with Crippen molar-refractivity contribution in [2.24, 2.45) is 5.73 Å². The molecule has 8 heteroatoms. The van der Waals surface area contributed by atoms with Crippen molar-refractivity contribution in [2.45, 2.75) is 33.8 Å². The third-order valence-electron chi connectivity index (χ3n) is 5.56. The van der Waals surface area contributed by atoms with Crippen LogP contribution in [-0.2, 0) is 4.74 Å². The molecular formula is C25H32FN5O2. The number of aromatic amines is 1. The third kappa shape index (κ3) is 5.51. The molecule has 0 aliphatic carbocycles. The van der Waals surface area contributed by atoms with Crippen molar-refractivity contribution >= 4 is 11.5 Å². The van der Waals surface area contributed by atoms with Crippen molar-refractivity contribution in [3.05, 3.63) is 65.3 Å². The van der Waals surface area contributed by atoms with Gasteiger partial charge in [0.2, 0.25) is 11.8 Å². The van der Waals surface area contributed by atoms with Gasteiger partial charge >= 0.3 is 0 Å². The first-order valence-electron chi connectivity index (χ1n) is 11.1. The number of ether oxygens (including phenoxy) is 2. The van der Waals surface area contributed by atoms with Crippen LogP contribution in [0.4, 0.5) is 4.39 Å². The van der Waals surface area contributed by atoms with Crippen LogP contribution in [0.1, 0.15) is 31.9 Å². The molecule has 1 aliphatic heterocycles. The Kier molecular flexibility index (Phi) is 7.71. The monoisotopic (exact) mass is 453 g/mol. The van der Waals surface area contributed by atoms with Crippen molar-refractivity contribution in [1.82, 2.24) is 15.1 Å². The number of rotatable bonds is 3. The van der Waals surface area contributed by atoms with Crippen molar-refractivity contribution in [2.75, 3.05) is 26.2 Å². The normalized spacial score (nSPS) is 20.9. The summed E-state index contributed by atoms with van der Waals surface area (Å²) < 4.78 is 26.5. The van der Waals surface area contributed by atoms with Gasteiger partial charge in [-0.1, -0.05) is 19.6 Å².